The molecule has 2 rings (SSSR count). The Bertz CT molecular complexity index is 441. The second-order valence-corrected chi connectivity index (χ2v) is 3.51. The van der Waals surface area contributed by atoms with Crippen LogP contribution in [0.5, 0.6) is 0 Å². The van der Waals surface area contributed by atoms with Crippen LogP contribution >= 0.6 is 24.0 Å². The fourth-order valence-electron chi connectivity index (χ4n) is 1.34. The van der Waals surface area contributed by atoms with Gasteiger partial charge in [0.1, 0.15) is 0 Å². The van der Waals surface area contributed by atoms with Crippen molar-refractivity contribution in [3.63, 3.8) is 0 Å². The first-order valence-electron chi connectivity index (χ1n) is 4.38. The summed E-state index contributed by atoms with van der Waals surface area (Å²) in [6.07, 6.45) is 0. The van der Waals surface area contributed by atoms with E-state index in [0.29, 0.717) is 10.7 Å². The zero-order valence-electron chi connectivity index (χ0n) is 7.98. The predicted molar refractivity (Wildman–Crippen MR) is 68.5 cm³/mol. The van der Waals surface area contributed by atoms with Gasteiger partial charge in [0.25, 0.3) is 0 Å². The molecule has 2 N–H and O–H groups in total. The number of benzene rings is 2. The molecule has 0 spiro atoms. The molecule has 2 aromatic rings. The first-order chi connectivity index (χ1) is 6.77. The summed E-state index contributed by atoms with van der Waals surface area (Å²) in [5.74, 6) is 0. The Morgan fingerprint density at radius 2 is 1.53 bits per heavy atom. The van der Waals surface area contributed by atoms with Gasteiger partial charge in [0.05, 0.1) is 10.7 Å². The number of anilines is 1. The van der Waals surface area contributed by atoms with Crippen molar-refractivity contribution in [3.8, 4) is 11.1 Å². The average Bonchev–Trinajstić information content (AvgIpc) is 2.23. The minimum atomic E-state index is 0. The Labute approximate surface area is 100 Å². The Kier molecular flexibility index (Phi) is 4.01. The zero-order valence-corrected chi connectivity index (χ0v) is 9.55. The van der Waals surface area contributed by atoms with Crippen LogP contribution in [-0.2, 0) is 0 Å². The van der Waals surface area contributed by atoms with E-state index in [-0.39, 0.29) is 12.4 Å². The maximum Gasteiger partial charge on any atom is 0.0641 e. The summed E-state index contributed by atoms with van der Waals surface area (Å²) in [4.78, 5) is 0. The predicted octanol–water partition coefficient (Wildman–Crippen LogP) is 4.01. The summed E-state index contributed by atoms with van der Waals surface area (Å²) >= 11 is 5.94. The van der Waals surface area contributed by atoms with Crippen LogP contribution in [0.1, 0.15) is 0 Å². The van der Waals surface area contributed by atoms with Gasteiger partial charge in [-0.1, -0.05) is 48.0 Å². The third-order valence-corrected chi connectivity index (χ3v) is 2.43. The van der Waals surface area contributed by atoms with Crippen molar-refractivity contribution in [1.29, 1.82) is 0 Å². The first-order valence-corrected chi connectivity index (χ1v) is 4.75. The fourth-order valence-corrected chi connectivity index (χ4v) is 1.52. The van der Waals surface area contributed by atoms with Gasteiger partial charge in [0.15, 0.2) is 0 Å². The van der Waals surface area contributed by atoms with E-state index in [1.54, 1.807) is 0 Å². The number of halogens is 2. The van der Waals surface area contributed by atoms with E-state index >= 15 is 0 Å². The normalized spacial score (nSPS) is 9.40. The molecule has 0 unspecified atom stereocenters. The average molecular weight is 240 g/mol. The standard InChI is InChI=1S/C12H10ClN.ClH/c13-11-8-10(6-7-12(11)14)9-4-2-1-3-5-9;/h1-8H,14H2;1H. The molecule has 78 valence electrons. The molecule has 1 nitrogen and oxygen atoms in total. The van der Waals surface area contributed by atoms with E-state index in [4.69, 9.17) is 17.3 Å². The maximum atomic E-state index is 5.94. The van der Waals surface area contributed by atoms with Crippen molar-refractivity contribution in [2.45, 2.75) is 0 Å². The summed E-state index contributed by atoms with van der Waals surface area (Å²) in [6, 6.07) is 15.7. The molecule has 0 amide bonds. The van der Waals surface area contributed by atoms with Gasteiger partial charge >= 0.3 is 0 Å². The third-order valence-electron chi connectivity index (χ3n) is 2.11. The Morgan fingerprint density at radius 1 is 0.867 bits per heavy atom. The highest BCUT2D eigenvalue weighted by atomic mass is 35.5. The van der Waals surface area contributed by atoms with Crippen LogP contribution < -0.4 is 5.73 Å². The van der Waals surface area contributed by atoms with E-state index in [1.165, 1.54) is 0 Å². The van der Waals surface area contributed by atoms with Gasteiger partial charge in [0.2, 0.25) is 0 Å². The van der Waals surface area contributed by atoms with Crippen LogP contribution in [0.4, 0.5) is 5.69 Å². The van der Waals surface area contributed by atoms with E-state index < -0.39 is 0 Å². The van der Waals surface area contributed by atoms with E-state index in [1.807, 2.05) is 48.5 Å². The van der Waals surface area contributed by atoms with Crippen molar-refractivity contribution < 1.29 is 0 Å². The van der Waals surface area contributed by atoms with Gasteiger partial charge in [-0.05, 0) is 23.3 Å². The zero-order chi connectivity index (χ0) is 9.97. The molecule has 0 aromatic heterocycles. The number of nitrogens with two attached hydrogens (primary N) is 1. The highest BCUT2D eigenvalue weighted by Gasteiger charge is 1.99. The molecule has 0 saturated carbocycles. The van der Waals surface area contributed by atoms with Crippen molar-refractivity contribution in [2.24, 2.45) is 0 Å². The van der Waals surface area contributed by atoms with E-state index in [0.717, 1.165) is 11.1 Å². The van der Waals surface area contributed by atoms with Gasteiger partial charge < -0.3 is 5.73 Å². The molecule has 0 aliphatic heterocycles. The molecular weight excluding hydrogens is 229 g/mol. The highest BCUT2D eigenvalue weighted by molar-refractivity contribution is 6.33. The van der Waals surface area contributed by atoms with E-state index in [9.17, 15) is 0 Å². The largest absolute Gasteiger partial charge is 0.398 e. The summed E-state index contributed by atoms with van der Waals surface area (Å²) in [5, 5.41) is 0.603. The monoisotopic (exact) mass is 239 g/mol. The minimum absolute atomic E-state index is 0. The van der Waals surface area contributed by atoms with Crippen LogP contribution in [0.25, 0.3) is 11.1 Å². The Balaban J connectivity index is 0.00000112. The molecule has 0 fully saturated rings. The lowest BCUT2D eigenvalue weighted by molar-refractivity contribution is 1.61. The molecule has 0 atom stereocenters. The van der Waals surface area contributed by atoms with E-state index in [2.05, 4.69) is 0 Å². The topological polar surface area (TPSA) is 26.0 Å². The van der Waals surface area contributed by atoms with Gasteiger partial charge in [-0.2, -0.15) is 0 Å². The molecule has 15 heavy (non-hydrogen) atoms. The second-order valence-electron chi connectivity index (χ2n) is 3.10. The van der Waals surface area contributed by atoms with Crippen molar-refractivity contribution in [1.82, 2.24) is 0 Å². The van der Waals surface area contributed by atoms with Gasteiger partial charge in [0, 0.05) is 0 Å². The summed E-state index contributed by atoms with van der Waals surface area (Å²) in [5.41, 5.74) is 8.49. The number of hydrogen-bond donors (Lipinski definition) is 1. The van der Waals surface area contributed by atoms with Gasteiger partial charge in [-0.25, -0.2) is 0 Å². The molecule has 0 radical (unpaired) electrons. The SMILES string of the molecule is Cl.Nc1ccc(-c2ccccc2)cc1Cl. The van der Waals surface area contributed by atoms with Crippen molar-refractivity contribution in [3.05, 3.63) is 53.6 Å². The van der Waals surface area contributed by atoms with Crippen molar-refractivity contribution >= 4 is 29.7 Å². The summed E-state index contributed by atoms with van der Waals surface area (Å²) in [6.45, 7) is 0. The molecule has 3 heteroatoms. The second kappa shape index (κ2) is 5.06. The fraction of sp³-hybridized carbons (Fsp3) is 0. The lowest BCUT2D eigenvalue weighted by Gasteiger charge is -2.03. The van der Waals surface area contributed by atoms with Crippen LogP contribution in [0, 0.1) is 0 Å². The van der Waals surface area contributed by atoms with Gasteiger partial charge in [-0.15, -0.1) is 12.4 Å². The first kappa shape index (κ1) is 11.9. The van der Waals surface area contributed by atoms with Crippen LogP contribution in [-0.4, -0.2) is 0 Å². The van der Waals surface area contributed by atoms with Crippen LogP contribution in [0.15, 0.2) is 48.5 Å². The smallest absolute Gasteiger partial charge is 0.0641 e. The lowest BCUT2D eigenvalue weighted by Crippen LogP contribution is -1.86. The third kappa shape index (κ3) is 2.65. The minimum Gasteiger partial charge on any atom is -0.398 e. The molecule has 2 aromatic carbocycles. The van der Waals surface area contributed by atoms with Crippen LogP contribution in [0.3, 0.4) is 0 Å². The Morgan fingerprint density at radius 3 is 2.13 bits per heavy atom. The highest BCUT2D eigenvalue weighted by Crippen LogP contribution is 2.26. The number of nitrogen functional groups attached to an aromatic ring is 1. The summed E-state index contributed by atoms with van der Waals surface area (Å²) < 4.78 is 0. The van der Waals surface area contributed by atoms with Gasteiger partial charge in [-0.3, -0.25) is 0 Å². The lowest BCUT2D eigenvalue weighted by atomic mass is 10.1. The molecular formula is C12H11Cl2N. The molecule has 0 aliphatic rings. The van der Waals surface area contributed by atoms with Crippen molar-refractivity contribution in [2.75, 3.05) is 5.73 Å². The molecule has 0 heterocycles. The molecule has 0 saturated heterocycles. The maximum absolute atomic E-state index is 5.94. The summed E-state index contributed by atoms with van der Waals surface area (Å²) in [7, 11) is 0. The molecule has 0 bridgehead atoms. The Hall–Kier alpha value is -1.18. The molecule has 0 aliphatic carbocycles. The quantitative estimate of drug-likeness (QED) is 0.748. The van der Waals surface area contributed by atoms with Crippen LogP contribution in [0.2, 0.25) is 5.02 Å². The number of hydrogen-bond acceptors (Lipinski definition) is 1. The number of rotatable bonds is 1.